The fourth-order valence-corrected chi connectivity index (χ4v) is 3.33. The monoisotopic (exact) mass is 414 g/mol. The third kappa shape index (κ3) is 4.23. The average Bonchev–Trinajstić information content (AvgIpc) is 3.45. The molecule has 1 amide bonds. The molecular weight excluding hydrogens is 396 g/mol. The van der Waals surface area contributed by atoms with Crippen LogP contribution in [0, 0.1) is 0 Å². The van der Waals surface area contributed by atoms with E-state index in [0.29, 0.717) is 35.3 Å². The standard InChI is InChI=1S/C23H18N4O4/c28-21(11-15-7-8-19-20(10-15)30-14-29-19)25-18-6-2-1-4-16(18)12-22-26-23(27-31-22)17-5-3-9-24-13-17/h1-10,13H,11-12,14H2,(H,25,28). The van der Waals surface area contributed by atoms with Gasteiger partial charge in [0.1, 0.15) is 0 Å². The summed E-state index contributed by atoms with van der Waals surface area (Å²) >= 11 is 0. The van der Waals surface area contributed by atoms with Crippen molar-refractivity contribution in [2.75, 3.05) is 12.1 Å². The second kappa shape index (κ2) is 8.27. The van der Waals surface area contributed by atoms with E-state index in [-0.39, 0.29) is 19.1 Å². The highest BCUT2D eigenvalue weighted by atomic mass is 16.7. The Kier molecular flexibility index (Phi) is 5.02. The predicted molar refractivity (Wildman–Crippen MR) is 112 cm³/mol. The minimum atomic E-state index is -0.132. The summed E-state index contributed by atoms with van der Waals surface area (Å²) in [7, 11) is 0. The molecule has 0 spiro atoms. The topological polar surface area (TPSA) is 99.4 Å². The lowest BCUT2D eigenvalue weighted by molar-refractivity contribution is -0.115. The number of aromatic nitrogens is 3. The number of hydrogen-bond acceptors (Lipinski definition) is 7. The van der Waals surface area contributed by atoms with Gasteiger partial charge in [-0.1, -0.05) is 29.4 Å². The molecule has 0 saturated carbocycles. The number of rotatable bonds is 6. The van der Waals surface area contributed by atoms with Crippen LogP contribution in [-0.4, -0.2) is 27.8 Å². The fourth-order valence-electron chi connectivity index (χ4n) is 3.33. The molecule has 0 aliphatic carbocycles. The van der Waals surface area contributed by atoms with Crippen LogP contribution in [-0.2, 0) is 17.6 Å². The van der Waals surface area contributed by atoms with E-state index in [0.717, 1.165) is 16.7 Å². The first-order valence-corrected chi connectivity index (χ1v) is 9.74. The highest BCUT2D eigenvalue weighted by Gasteiger charge is 2.16. The largest absolute Gasteiger partial charge is 0.454 e. The molecule has 8 heteroatoms. The Morgan fingerprint density at radius 1 is 1.03 bits per heavy atom. The number of amides is 1. The third-order valence-corrected chi connectivity index (χ3v) is 4.82. The SMILES string of the molecule is O=C(Cc1ccc2c(c1)OCO2)Nc1ccccc1Cc1nc(-c2cccnc2)no1. The maximum Gasteiger partial charge on any atom is 0.231 e. The number of ether oxygens (including phenoxy) is 2. The maximum absolute atomic E-state index is 12.6. The second-order valence-electron chi connectivity index (χ2n) is 7.00. The quantitative estimate of drug-likeness (QED) is 0.514. The lowest BCUT2D eigenvalue weighted by Gasteiger charge is -2.10. The predicted octanol–water partition coefficient (Wildman–Crippen LogP) is 3.63. The number of carbonyl (C=O) groups is 1. The molecule has 4 aromatic rings. The van der Waals surface area contributed by atoms with Crippen LogP contribution in [0.25, 0.3) is 11.4 Å². The zero-order valence-electron chi connectivity index (χ0n) is 16.4. The van der Waals surface area contributed by atoms with Crippen LogP contribution in [0.4, 0.5) is 5.69 Å². The van der Waals surface area contributed by atoms with E-state index < -0.39 is 0 Å². The number of benzene rings is 2. The van der Waals surface area contributed by atoms with Crippen LogP contribution in [0.5, 0.6) is 11.5 Å². The minimum Gasteiger partial charge on any atom is -0.454 e. The summed E-state index contributed by atoms with van der Waals surface area (Å²) in [5.41, 5.74) is 3.21. The van der Waals surface area contributed by atoms with Gasteiger partial charge >= 0.3 is 0 Å². The van der Waals surface area contributed by atoms with Crippen molar-refractivity contribution in [3.63, 3.8) is 0 Å². The van der Waals surface area contributed by atoms with Crippen molar-refractivity contribution in [2.45, 2.75) is 12.8 Å². The first-order valence-electron chi connectivity index (χ1n) is 9.74. The molecule has 154 valence electrons. The van der Waals surface area contributed by atoms with Crippen molar-refractivity contribution >= 4 is 11.6 Å². The lowest BCUT2D eigenvalue weighted by atomic mass is 10.1. The minimum absolute atomic E-state index is 0.132. The molecule has 0 unspecified atom stereocenters. The molecule has 0 atom stereocenters. The number of anilines is 1. The van der Waals surface area contributed by atoms with Gasteiger partial charge < -0.3 is 19.3 Å². The highest BCUT2D eigenvalue weighted by molar-refractivity contribution is 5.93. The number of pyridine rings is 1. The van der Waals surface area contributed by atoms with E-state index in [1.54, 1.807) is 12.4 Å². The molecule has 3 heterocycles. The highest BCUT2D eigenvalue weighted by Crippen LogP contribution is 2.32. The Hall–Kier alpha value is -4.20. The lowest BCUT2D eigenvalue weighted by Crippen LogP contribution is -2.15. The number of carbonyl (C=O) groups excluding carboxylic acids is 1. The number of hydrogen-bond donors (Lipinski definition) is 1. The van der Waals surface area contributed by atoms with Crippen molar-refractivity contribution < 1.29 is 18.8 Å². The van der Waals surface area contributed by atoms with E-state index in [2.05, 4.69) is 20.4 Å². The molecule has 31 heavy (non-hydrogen) atoms. The van der Waals surface area contributed by atoms with Crippen LogP contribution in [0.1, 0.15) is 17.0 Å². The van der Waals surface area contributed by atoms with Gasteiger partial charge in [-0.2, -0.15) is 4.98 Å². The van der Waals surface area contributed by atoms with Gasteiger partial charge in [-0.3, -0.25) is 9.78 Å². The average molecular weight is 414 g/mol. The van der Waals surface area contributed by atoms with E-state index in [9.17, 15) is 4.79 Å². The molecule has 0 saturated heterocycles. The van der Waals surface area contributed by atoms with Crippen LogP contribution in [0.15, 0.2) is 71.5 Å². The second-order valence-corrected chi connectivity index (χ2v) is 7.00. The van der Waals surface area contributed by atoms with Gasteiger partial charge in [0.25, 0.3) is 0 Å². The molecular formula is C23H18N4O4. The number of nitrogens with zero attached hydrogens (tertiary/aromatic N) is 3. The Balaban J connectivity index is 1.28. The van der Waals surface area contributed by atoms with Crippen LogP contribution in [0.2, 0.25) is 0 Å². The van der Waals surface area contributed by atoms with Crippen LogP contribution < -0.4 is 14.8 Å². The molecule has 8 nitrogen and oxygen atoms in total. The summed E-state index contributed by atoms with van der Waals surface area (Å²) in [6.07, 6.45) is 3.98. The third-order valence-electron chi connectivity index (χ3n) is 4.82. The normalized spacial score (nSPS) is 12.0. The number of fused-ring (bicyclic) bond motifs is 1. The van der Waals surface area contributed by atoms with Gasteiger partial charge in [-0.15, -0.1) is 0 Å². The summed E-state index contributed by atoms with van der Waals surface area (Å²) in [5, 5.41) is 7.00. The summed E-state index contributed by atoms with van der Waals surface area (Å²) in [6, 6.07) is 16.7. The summed E-state index contributed by atoms with van der Waals surface area (Å²) in [6.45, 7) is 0.205. The van der Waals surface area contributed by atoms with Crippen molar-refractivity contribution in [1.82, 2.24) is 15.1 Å². The number of nitrogens with one attached hydrogen (secondary N) is 1. The summed E-state index contributed by atoms with van der Waals surface area (Å²) in [5.74, 6) is 2.16. The molecule has 1 aliphatic rings. The molecule has 0 fully saturated rings. The van der Waals surface area contributed by atoms with E-state index in [1.165, 1.54) is 0 Å². The van der Waals surface area contributed by atoms with Crippen molar-refractivity contribution in [3.05, 3.63) is 84.0 Å². The molecule has 0 bridgehead atoms. The molecule has 1 N–H and O–H groups in total. The van der Waals surface area contributed by atoms with Crippen molar-refractivity contribution in [1.29, 1.82) is 0 Å². The smallest absolute Gasteiger partial charge is 0.231 e. The molecule has 2 aromatic carbocycles. The van der Waals surface area contributed by atoms with Gasteiger partial charge in [-0.05, 0) is 41.5 Å². The van der Waals surface area contributed by atoms with Gasteiger partial charge in [-0.25, -0.2) is 0 Å². The van der Waals surface area contributed by atoms with Gasteiger partial charge in [0, 0.05) is 23.6 Å². The van der Waals surface area contributed by atoms with E-state index >= 15 is 0 Å². The Labute approximate surface area is 177 Å². The Morgan fingerprint density at radius 2 is 1.94 bits per heavy atom. The van der Waals surface area contributed by atoms with Crippen molar-refractivity contribution in [2.24, 2.45) is 0 Å². The molecule has 0 radical (unpaired) electrons. The van der Waals surface area contributed by atoms with Crippen LogP contribution >= 0.6 is 0 Å². The molecule has 2 aromatic heterocycles. The zero-order valence-corrected chi connectivity index (χ0v) is 16.4. The first kappa shape index (κ1) is 18.8. The molecule has 5 rings (SSSR count). The van der Waals surface area contributed by atoms with Gasteiger partial charge in [0.05, 0.1) is 12.8 Å². The number of para-hydroxylation sites is 1. The Morgan fingerprint density at radius 3 is 2.84 bits per heavy atom. The van der Waals surface area contributed by atoms with E-state index in [1.807, 2.05) is 54.6 Å². The summed E-state index contributed by atoms with van der Waals surface area (Å²) < 4.78 is 16.1. The molecule has 1 aliphatic heterocycles. The maximum atomic E-state index is 12.6. The van der Waals surface area contributed by atoms with Gasteiger partial charge in [0.2, 0.25) is 24.4 Å². The Bertz CT molecular complexity index is 1220. The van der Waals surface area contributed by atoms with Gasteiger partial charge in [0.15, 0.2) is 11.5 Å². The van der Waals surface area contributed by atoms with Crippen LogP contribution in [0.3, 0.4) is 0 Å². The first-order chi connectivity index (χ1) is 15.2. The van der Waals surface area contributed by atoms with E-state index in [4.69, 9.17) is 14.0 Å². The van der Waals surface area contributed by atoms with Crippen molar-refractivity contribution in [3.8, 4) is 22.9 Å². The summed E-state index contributed by atoms with van der Waals surface area (Å²) in [4.78, 5) is 21.1. The fraction of sp³-hybridized carbons (Fsp3) is 0.130. The zero-order chi connectivity index (χ0) is 21.0.